The van der Waals surface area contributed by atoms with Gasteiger partial charge in [0.25, 0.3) is 5.91 Å². The summed E-state index contributed by atoms with van der Waals surface area (Å²) >= 11 is 0. The van der Waals surface area contributed by atoms with Crippen molar-refractivity contribution < 1.29 is 14.0 Å². The molecule has 1 heterocycles. The molecule has 0 saturated carbocycles. The van der Waals surface area contributed by atoms with Gasteiger partial charge in [0.1, 0.15) is 11.9 Å². The van der Waals surface area contributed by atoms with E-state index in [0.717, 1.165) is 29.8 Å². The Bertz CT molecular complexity index is 952. The zero-order valence-electron chi connectivity index (χ0n) is 18.8. The van der Waals surface area contributed by atoms with Crippen molar-refractivity contribution in [1.82, 2.24) is 10.6 Å². The van der Waals surface area contributed by atoms with E-state index in [1.165, 1.54) is 6.07 Å². The van der Waals surface area contributed by atoms with E-state index in [1.54, 1.807) is 18.2 Å². The fourth-order valence-corrected chi connectivity index (χ4v) is 3.96. The van der Waals surface area contributed by atoms with Crippen LogP contribution in [-0.4, -0.2) is 37.5 Å². The van der Waals surface area contributed by atoms with Gasteiger partial charge in [0, 0.05) is 30.9 Å². The molecule has 166 valence electrons. The normalized spacial score (nSPS) is 14.2. The van der Waals surface area contributed by atoms with Gasteiger partial charge < -0.3 is 15.5 Å². The number of benzene rings is 2. The van der Waals surface area contributed by atoms with Crippen LogP contribution >= 0.6 is 0 Å². The van der Waals surface area contributed by atoms with E-state index in [1.807, 2.05) is 45.9 Å². The molecule has 1 atom stereocenters. The highest BCUT2D eigenvalue weighted by Gasteiger charge is 2.27. The number of hydrogen-bond acceptors (Lipinski definition) is 3. The molecular formula is C25H32FN3O2. The Morgan fingerprint density at radius 1 is 1.16 bits per heavy atom. The fourth-order valence-electron chi connectivity index (χ4n) is 3.96. The Kier molecular flexibility index (Phi) is 6.98. The van der Waals surface area contributed by atoms with Gasteiger partial charge in [-0.3, -0.25) is 9.59 Å². The molecule has 2 N–H and O–H groups in total. The Labute approximate surface area is 184 Å². The molecule has 1 aliphatic rings. The van der Waals surface area contributed by atoms with Crippen molar-refractivity contribution in [1.29, 1.82) is 0 Å². The molecule has 1 unspecified atom stereocenters. The van der Waals surface area contributed by atoms with Gasteiger partial charge >= 0.3 is 0 Å². The molecule has 0 aliphatic carbocycles. The lowest BCUT2D eigenvalue weighted by Gasteiger charge is -2.27. The van der Waals surface area contributed by atoms with E-state index in [2.05, 4.69) is 15.5 Å². The molecule has 2 amide bonds. The number of carbonyl (C=O) groups excluding carboxylic acids is 2. The van der Waals surface area contributed by atoms with E-state index in [0.29, 0.717) is 25.1 Å². The van der Waals surface area contributed by atoms with E-state index >= 15 is 0 Å². The monoisotopic (exact) mass is 425 g/mol. The van der Waals surface area contributed by atoms with Gasteiger partial charge in [-0.25, -0.2) is 4.39 Å². The largest absolute Gasteiger partial charge is 0.369 e. The maximum atomic E-state index is 13.4. The van der Waals surface area contributed by atoms with E-state index in [9.17, 15) is 14.0 Å². The molecule has 0 radical (unpaired) electrons. The molecule has 0 saturated heterocycles. The topological polar surface area (TPSA) is 61.4 Å². The second kappa shape index (κ2) is 9.50. The summed E-state index contributed by atoms with van der Waals surface area (Å²) in [7, 11) is 0. The van der Waals surface area contributed by atoms with Crippen LogP contribution in [0.1, 0.15) is 48.7 Å². The number of anilines is 1. The quantitative estimate of drug-likeness (QED) is 0.708. The lowest BCUT2D eigenvalue weighted by atomic mass is 9.87. The first-order valence-corrected chi connectivity index (χ1v) is 10.8. The molecule has 2 aromatic carbocycles. The minimum absolute atomic E-state index is 0.125. The van der Waals surface area contributed by atoms with E-state index in [-0.39, 0.29) is 23.0 Å². The highest BCUT2D eigenvalue weighted by atomic mass is 19.1. The molecule has 0 bridgehead atoms. The Morgan fingerprint density at radius 2 is 1.94 bits per heavy atom. The van der Waals surface area contributed by atoms with E-state index in [4.69, 9.17) is 0 Å². The third-order valence-corrected chi connectivity index (χ3v) is 5.43. The van der Waals surface area contributed by atoms with Gasteiger partial charge in [0.2, 0.25) is 5.91 Å². The minimum atomic E-state index is -0.618. The van der Waals surface area contributed by atoms with Crippen LogP contribution in [0.25, 0.3) is 0 Å². The van der Waals surface area contributed by atoms with Crippen LogP contribution in [0, 0.1) is 18.2 Å². The van der Waals surface area contributed by atoms with Crippen LogP contribution < -0.4 is 15.5 Å². The third-order valence-electron chi connectivity index (χ3n) is 5.43. The summed E-state index contributed by atoms with van der Waals surface area (Å²) in [5, 5.41) is 5.88. The lowest BCUT2D eigenvalue weighted by Crippen LogP contribution is -2.49. The number of carbonyl (C=O) groups is 2. The fraction of sp³-hybridized carbons (Fsp3) is 0.440. The number of amides is 2. The van der Waals surface area contributed by atoms with Crippen molar-refractivity contribution >= 4 is 17.5 Å². The third kappa shape index (κ3) is 6.29. The average molecular weight is 426 g/mol. The molecule has 0 fully saturated rings. The number of aryl methyl sites for hydroxylation is 1. The van der Waals surface area contributed by atoms with Crippen LogP contribution in [0.2, 0.25) is 0 Å². The second-order valence-electron chi connectivity index (χ2n) is 9.46. The SMILES string of the molecule is Cc1cccc(C(=O)NC(CC(C)(C)C)C(=O)NCCN2CCc3cc(F)ccc32)c1. The van der Waals surface area contributed by atoms with Crippen LogP contribution in [0.4, 0.5) is 10.1 Å². The summed E-state index contributed by atoms with van der Waals surface area (Å²) < 4.78 is 13.4. The van der Waals surface area contributed by atoms with Crippen molar-refractivity contribution in [3.05, 3.63) is 65.0 Å². The zero-order valence-corrected chi connectivity index (χ0v) is 18.8. The molecule has 3 rings (SSSR count). The van der Waals surface area contributed by atoms with Gasteiger partial charge in [0.05, 0.1) is 0 Å². The predicted octanol–water partition coefficient (Wildman–Crippen LogP) is 3.85. The second-order valence-corrected chi connectivity index (χ2v) is 9.46. The van der Waals surface area contributed by atoms with Gasteiger partial charge in [-0.1, -0.05) is 38.5 Å². The number of hydrogen-bond donors (Lipinski definition) is 2. The van der Waals surface area contributed by atoms with Crippen molar-refractivity contribution in [3.8, 4) is 0 Å². The Hall–Kier alpha value is -2.89. The molecule has 0 aromatic heterocycles. The summed E-state index contributed by atoms with van der Waals surface area (Å²) in [6.45, 7) is 9.98. The first-order valence-electron chi connectivity index (χ1n) is 10.8. The lowest BCUT2D eigenvalue weighted by molar-refractivity contribution is -0.123. The maximum absolute atomic E-state index is 13.4. The number of rotatable bonds is 7. The van der Waals surface area contributed by atoms with Gasteiger partial charge in [-0.15, -0.1) is 0 Å². The van der Waals surface area contributed by atoms with Crippen molar-refractivity contribution in [2.45, 2.75) is 46.6 Å². The van der Waals surface area contributed by atoms with Crippen molar-refractivity contribution in [3.63, 3.8) is 0 Å². The number of halogens is 1. The van der Waals surface area contributed by atoms with Crippen LogP contribution in [0.15, 0.2) is 42.5 Å². The summed E-state index contributed by atoms with van der Waals surface area (Å²) in [5.74, 6) is -0.652. The number of nitrogens with zero attached hydrogens (tertiary/aromatic N) is 1. The Morgan fingerprint density at radius 3 is 2.65 bits per heavy atom. The molecule has 5 nitrogen and oxygen atoms in total. The first-order chi connectivity index (χ1) is 14.6. The smallest absolute Gasteiger partial charge is 0.251 e. The molecule has 0 spiro atoms. The highest BCUT2D eigenvalue weighted by Crippen LogP contribution is 2.28. The van der Waals surface area contributed by atoms with Crippen molar-refractivity contribution in [2.75, 3.05) is 24.5 Å². The van der Waals surface area contributed by atoms with Gasteiger partial charge in [-0.2, -0.15) is 0 Å². The molecule has 1 aliphatic heterocycles. The summed E-state index contributed by atoms with van der Waals surface area (Å²) in [6, 6.07) is 11.6. The van der Waals surface area contributed by atoms with Crippen LogP contribution in [0.5, 0.6) is 0 Å². The maximum Gasteiger partial charge on any atom is 0.251 e. The molecular weight excluding hydrogens is 393 g/mol. The zero-order chi connectivity index (χ0) is 22.6. The number of nitrogens with one attached hydrogen (secondary N) is 2. The summed E-state index contributed by atoms with van der Waals surface area (Å²) in [6.07, 6.45) is 1.34. The van der Waals surface area contributed by atoms with E-state index < -0.39 is 6.04 Å². The minimum Gasteiger partial charge on any atom is -0.369 e. The van der Waals surface area contributed by atoms with Gasteiger partial charge in [-0.05, 0) is 61.1 Å². The van der Waals surface area contributed by atoms with Crippen LogP contribution in [0.3, 0.4) is 0 Å². The van der Waals surface area contributed by atoms with Crippen LogP contribution in [-0.2, 0) is 11.2 Å². The number of fused-ring (bicyclic) bond motifs is 1. The molecule has 2 aromatic rings. The van der Waals surface area contributed by atoms with Gasteiger partial charge in [0.15, 0.2) is 0 Å². The highest BCUT2D eigenvalue weighted by molar-refractivity contribution is 5.97. The summed E-state index contributed by atoms with van der Waals surface area (Å²) in [4.78, 5) is 27.8. The standard InChI is InChI=1S/C25H32FN3O2/c1-17-6-5-7-19(14-17)23(30)28-21(16-25(2,3)4)24(31)27-11-13-29-12-10-18-15-20(26)8-9-22(18)29/h5-9,14-15,21H,10-13,16H2,1-4H3,(H,27,31)(H,28,30). The summed E-state index contributed by atoms with van der Waals surface area (Å²) in [5.41, 5.74) is 3.44. The average Bonchev–Trinajstić information content (AvgIpc) is 3.08. The first kappa shape index (κ1) is 22.8. The Balaban J connectivity index is 1.59. The predicted molar refractivity (Wildman–Crippen MR) is 122 cm³/mol. The van der Waals surface area contributed by atoms with Crippen molar-refractivity contribution in [2.24, 2.45) is 5.41 Å². The molecule has 31 heavy (non-hydrogen) atoms. The molecule has 6 heteroatoms.